The van der Waals surface area contributed by atoms with Crippen LogP contribution in [-0.4, -0.2) is 72.3 Å². The van der Waals surface area contributed by atoms with Crippen LogP contribution in [0.1, 0.15) is 77.0 Å². The fourth-order valence-corrected chi connectivity index (χ4v) is 7.21. The van der Waals surface area contributed by atoms with Crippen LogP contribution in [0.15, 0.2) is 24.3 Å². The molecule has 4 aromatic rings. The lowest BCUT2D eigenvalue weighted by molar-refractivity contribution is -0.577. The highest BCUT2D eigenvalue weighted by molar-refractivity contribution is 5.49. The van der Waals surface area contributed by atoms with E-state index in [4.69, 9.17) is 45.9 Å². The molecule has 16 N–H and O–H groups in total. The standard InChI is InChI=1S/4C9H15N5O/c4*10-7-6-8(12-9(11)14(7)15)13-4-2-1-3-5-13/h4*6H,1-5,10H2,(H2,11,12). The van der Waals surface area contributed by atoms with Gasteiger partial charge in [0.15, 0.2) is 46.5 Å². The van der Waals surface area contributed by atoms with Gasteiger partial charge >= 0.3 is 23.8 Å². The van der Waals surface area contributed by atoms with Crippen LogP contribution in [0.25, 0.3) is 0 Å². The van der Waals surface area contributed by atoms with E-state index in [1.807, 2.05) is 0 Å². The zero-order valence-electron chi connectivity index (χ0n) is 34.1. The molecule has 8 heterocycles. The molecule has 0 radical (unpaired) electrons. The van der Waals surface area contributed by atoms with Crippen LogP contribution in [0.4, 0.5) is 70.3 Å². The van der Waals surface area contributed by atoms with Gasteiger partial charge in [-0.1, -0.05) is 19.9 Å². The Morgan fingerprint density at radius 1 is 0.317 bits per heavy atom. The van der Waals surface area contributed by atoms with E-state index >= 15 is 0 Å². The van der Waals surface area contributed by atoms with E-state index < -0.39 is 0 Å². The first-order chi connectivity index (χ1) is 28.7. The molecule has 0 aromatic carbocycles. The predicted octanol–water partition coefficient (Wildman–Crippen LogP) is -0.521. The molecule has 24 heteroatoms. The first-order valence-corrected chi connectivity index (χ1v) is 20.4. The van der Waals surface area contributed by atoms with Crippen molar-refractivity contribution in [2.24, 2.45) is 0 Å². The Morgan fingerprint density at radius 2 is 0.483 bits per heavy atom. The van der Waals surface area contributed by atoms with Crippen LogP contribution >= 0.6 is 0 Å². The van der Waals surface area contributed by atoms with E-state index in [1.165, 1.54) is 25.7 Å². The Hall–Kier alpha value is -6.88. The number of anilines is 12. The Morgan fingerprint density at radius 3 is 0.633 bits per heavy atom. The van der Waals surface area contributed by atoms with Crippen LogP contribution in [0.5, 0.6) is 0 Å². The average molecular weight is 837 g/mol. The molecule has 0 spiro atoms. The summed E-state index contributed by atoms with van der Waals surface area (Å²) >= 11 is 0. The van der Waals surface area contributed by atoms with E-state index in [0.717, 1.165) is 104 Å². The molecule has 0 aliphatic carbocycles. The van der Waals surface area contributed by atoms with Gasteiger partial charge in [-0.15, -0.1) is 0 Å². The molecule has 0 unspecified atom stereocenters. The van der Waals surface area contributed by atoms with Gasteiger partial charge in [-0.3, -0.25) is 0 Å². The molecule has 4 aliphatic rings. The van der Waals surface area contributed by atoms with Crippen molar-refractivity contribution in [3.8, 4) is 0 Å². The molecule has 0 saturated carbocycles. The average Bonchev–Trinajstić information content (AvgIpc) is 3.27. The number of nitrogens with two attached hydrogens (primary N) is 8. The lowest BCUT2D eigenvalue weighted by atomic mass is 10.1. The van der Waals surface area contributed by atoms with Crippen LogP contribution in [0, 0.1) is 20.8 Å². The Bertz CT molecular complexity index is 1640. The molecule has 60 heavy (non-hydrogen) atoms. The van der Waals surface area contributed by atoms with Gasteiger partial charge in [-0.25, -0.2) is 18.9 Å². The monoisotopic (exact) mass is 837 g/mol. The van der Waals surface area contributed by atoms with Crippen molar-refractivity contribution in [1.82, 2.24) is 19.9 Å². The van der Waals surface area contributed by atoms with Gasteiger partial charge in [-0.2, -0.15) is 0 Å². The minimum Gasteiger partial charge on any atom is -0.754 e. The fraction of sp³-hybridized carbons (Fsp3) is 0.556. The second-order valence-corrected chi connectivity index (χ2v) is 15.0. The molecule has 328 valence electrons. The number of hydrogen-bond donors (Lipinski definition) is 8. The third-order valence-corrected chi connectivity index (χ3v) is 10.5. The lowest BCUT2D eigenvalue weighted by Crippen LogP contribution is -2.38. The summed E-state index contributed by atoms with van der Waals surface area (Å²) in [6.45, 7) is 7.63. The number of piperidine rings is 4. The van der Waals surface area contributed by atoms with Crippen molar-refractivity contribution >= 4 is 70.3 Å². The van der Waals surface area contributed by atoms with E-state index in [2.05, 4.69) is 39.5 Å². The van der Waals surface area contributed by atoms with E-state index in [0.29, 0.717) is 42.2 Å². The maximum Gasteiger partial charge on any atom is 0.346 e. The van der Waals surface area contributed by atoms with Gasteiger partial charge in [0, 0.05) is 52.4 Å². The summed E-state index contributed by atoms with van der Waals surface area (Å²) < 4.78 is 1.75. The third-order valence-electron chi connectivity index (χ3n) is 10.5. The maximum atomic E-state index is 11.2. The smallest absolute Gasteiger partial charge is 0.346 e. The minimum atomic E-state index is -0.0874. The van der Waals surface area contributed by atoms with Gasteiger partial charge < -0.3 is 86.3 Å². The predicted molar refractivity (Wildman–Crippen MR) is 232 cm³/mol. The quantitative estimate of drug-likeness (QED) is 0.0946. The highest BCUT2D eigenvalue weighted by Crippen LogP contribution is 2.22. The van der Waals surface area contributed by atoms with Gasteiger partial charge in [0.25, 0.3) is 0 Å². The van der Waals surface area contributed by atoms with Crippen molar-refractivity contribution < 1.29 is 18.9 Å². The minimum absolute atomic E-state index is 0.0874. The van der Waals surface area contributed by atoms with Gasteiger partial charge in [0.2, 0.25) is 0 Å². The van der Waals surface area contributed by atoms with Gasteiger partial charge in [0.1, 0.15) is 0 Å². The van der Waals surface area contributed by atoms with Crippen molar-refractivity contribution in [3.63, 3.8) is 0 Å². The molecular weight excluding hydrogens is 777 g/mol. The summed E-state index contributed by atoms with van der Waals surface area (Å²) in [4.78, 5) is 24.6. The number of rotatable bonds is 4. The molecule has 0 bridgehead atoms. The van der Waals surface area contributed by atoms with Crippen molar-refractivity contribution in [2.75, 3.05) is 118 Å². The summed E-state index contributed by atoms with van der Waals surface area (Å²) in [5.41, 5.74) is 44.0. The molecular formula is C36H60N20O4. The molecule has 4 saturated heterocycles. The first kappa shape index (κ1) is 44.2. The zero-order valence-corrected chi connectivity index (χ0v) is 34.1. The maximum absolute atomic E-state index is 11.2. The topological polar surface area (TPSA) is 380 Å². The van der Waals surface area contributed by atoms with Crippen molar-refractivity contribution in [3.05, 3.63) is 45.1 Å². The summed E-state index contributed by atoms with van der Waals surface area (Å²) in [6.07, 6.45) is 14.2. The normalized spacial score (nSPS) is 16.7. The first-order valence-electron chi connectivity index (χ1n) is 20.4. The summed E-state index contributed by atoms with van der Waals surface area (Å²) in [7, 11) is 0. The Kier molecular flexibility index (Phi) is 15.3. The van der Waals surface area contributed by atoms with Gasteiger partial charge in [0.05, 0.1) is 24.3 Å². The second-order valence-electron chi connectivity index (χ2n) is 15.0. The Balaban J connectivity index is 0.000000152. The SMILES string of the molecule is Nc1cc(N2CCCCC2)nc(N)[n+]1[O-].Nc1cc(N2CCCCC2)nc(N)[n+]1[O-].Nc1cc(N2CCCCC2)nc(N)[n+]1[O-].Nc1cc(N2CCCCC2)nc(N)[n+]1[O-]. The second kappa shape index (κ2) is 20.7. The van der Waals surface area contributed by atoms with E-state index in [9.17, 15) is 20.8 Å². The van der Waals surface area contributed by atoms with Gasteiger partial charge in [-0.05, 0) is 77.0 Å². The molecule has 0 atom stereocenters. The van der Waals surface area contributed by atoms with Crippen LogP contribution < -0.4 is 84.4 Å². The molecule has 0 amide bonds. The van der Waals surface area contributed by atoms with E-state index in [-0.39, 0.29) is 47.1 Å². The highest BCUT2D eigenvalue weighted by atomic mass is 16.5. The van der Waals surface area contributed by atoms with Crippen LogP contribution in [0.2, 0.25) is 0 Å². The van der Waals surface area contributed by atoms with E-state index in [1.54, 1.807) is 24.3 Å². The van der Waals surface area contributed by atoms with Crippen LogP contribution in [0.3, 0.4) is 0 Å². The fourth-order valence-electron chi connectivity index (χ4n) is 7.21. The third kappa shape index (κ3) is 11.6. The van der Waals surface area contributed by atoms with Crippen LogP contribution in [-0.2, 0) is 0 Å². The molecule has 24 nitrogen and oxygen atoms in total. The van der Waals surface area contributed by atoms with Crippen molar-refractivity contribution in [2.45, 2.75) is 77.0 Å². The largest absolute Gasteiger partial charge is 0.754 e. The lowest BCUT2D eigenvalue weighted by Gasteiger charge is -2.26. The summed E-state index contributed by atoms with van der Waals surface area (Å²) in [5.74, 6) is 2.87. The molecule has 8 rings (SSSR count). The summed E-state index contributed by atoms with van der Waals surface area (Å²) in [5, 5.41) is 44.8. The molecule has 4 aromatic heterocycles. The number of aromatic nitrogens is 8. The molecule has 4 aliphatic heterocycles. The van der Waals surface area contributed by atoms with Crippen molar-refractivity contribution in [1.29, 1.82) is 0 Å². The highest BCUT2D eigenvalue weighted by Gasteiger charge is 2.20. The zero-order chi connectivity index (χ0) is 43.3. The number of nitrogens with zero attached hydrogens (tertiary/aromatic N) is 12. The number of nitrogen functional groups attached to an aromatic ring is 8. The number of hydrogen-bond acceptors (Lipinski definition) is 20. The summed E-state index contributed by atoms with van der Waals surface area (Å²) in [6, 6.07) is 6.31. The Labute approximate surface area is 348 Å². The molecule has 4 fully saturated rings.